The average molecular weight is 407 g/mol. The molecular weight excluding hydrogens is 390 g/mol. The molecule has 0 saturated heterocycles. The Hall–Kier alpha value is -2.85. The first-order chi connectivity index (χ1) is 12.7. The summed E-state index contributed by atoms with van der Waals surface area (Å²) in [5.74, 6) is 0.0429. The van der Waals surface area contributed by atoms with Gasteiger partial charge in [-0.1, -0.05) is 23.4 Å². The minimum Gasteiger partial charge on any atom is -0.337 e. The van der Waals surface area contributed by atoms with E-state index in [0.29, 0.717) is 11.3 Å². The monoisotopic (exact) mass is 407 g/mol. The van der Waals surface area contributed by atoms with Gasteiger partial charge >= 0.3 is 0 Å². The normalized spacial score (nSPS) is 11.9. The van der Waals surface area contributed by atoms with Crippen molar-refractivity contribution in [2.24, 2.45) is 0 Å². The standard InChI is InChI=1S/C17H17N3O5S2/c1-12-13(2)18-25-17(12)20-27(23,24)16-10-8-14(9-11-16)19-26(21,22)15-6-4-3-5-7-15/h3-11,19-20H,1-2H3. The van der Waals surface area contributed by atoms with E-state index in [9.17, 15) is 16.8 Å². The van der Waals surface area contributed by atoms with E-state index in [1.165, 1.54) is 36.4 Å². The summed E-state index contributed by atoms with van der Waals surface area (Å²) in [5, 5.41) is 3.70. The molecule has 1 heterocycles. The Morgan fingerprint density at radius 2 is 1.33 bits per heavy atom. The zero-order valence-electron chi connectivity index (χ0n) is 14.5. The summed E-state index contributed by atoms with van der Waals surface area (Å²) in [6.45, 7) is 3.38. The van der Waals surface area contributed by atoms with Gasteiger partial charge in [-0.2, -0.15) is 0 Å². The van der Waals surface area contributed by atoms with Gasteiger partial charge in [-0.3, -0.25) is 4.72 Å². The molecule has 1 aromatic heterocycles. The van der Waals surface area contributed by atoms with Crippen LogP contribution < -0.4 is 9.44 Å². The Labute approximate surface area is 157 Å². The van der Waals surface area contributed by atoms with Crippen molar-refractivity contribution >= 4 is 31.6 Å². The van der Waals surface area contributed by atoms with Crippen LogP contribution >= 0.6 is 0 Å². The SMILES string of the molecule is Cc1noc(NS(=O)(=O)c2ccc(NS(=O)(=O)c3ccccc3)cc2)c1C. The highest BCUT2D eigenvalue weighted by molar-refractivity contribution is 7.93. The van der Waals surface area contributed by atoms with Crippen molar-refractivity contribution in [2.45, 2.75) is 23.6 Å². The third-order valence-corrected chi connectivity index (χ3v) is 6.60. The molecule has 3 rings (SSSR count). The Bertz CT molecular complexity index is 1150. The van der Waals surface area contributed by atoms with Crippen molar-refractivity contribution in [3.63, 3.8) is 0 Å². The number of hydrogen-bond acceptors (Lipinski definition) is 6. The summed E-state index contributed by atoms with van der Waals surface area (Å²) in [6.07, 6.45) is 0. The van der Waals surface area contributed by atoms with Gasteiger partial charge in [-0.15, -0.1) is 0 Å². The molecule has 0 radical (unpaired) electrons. The van der Waals surface area contributed by atoms with Crippen LogP contribution in [0.15, 0.2) is 68.9 Å². The van der Waals surface area contributed by atoms with Crippen LogP contribution in [0, 0.1) is 13.8 Å². The number of rotatable bonds is 6. The highest BCUT2D eigenvalue weighted by atomic mass is 32.2. The quantitative estimate of drug-likeness (QED) is 0.649. The first-order valence-corrected chi connectivity index (χ1v) is 10.8. The Morgan fingerprint density at radius 3 is 1.89 bits per heavy atom. The van der Waals surface area contributed by atoms with Crippen LogP contribution in [0.1, 0.15) is 11.3 Å². The first kappa shape index (κ1) is 18.9. The maximum absolute atomic E-state index is 12.4. The summed E-state index contributed by atoms with van der Waals surface area (Å²) < 4.78 is 59.2. The fraction of sp³-hybridized carbons (Fsp3) is 0.118. The number of anilines is 2. The van der Waals surface area contributed by atoms with Gasteiger partial charge in [0.05, 0.1) is 15.5 Å². The third kappa shape index (κ3) is 4.12. The predicted molar refractivity (Wildman–Crippen MR) is 100 cm³/mol. The molecule has 3 aromatic rings. The van der Waals surface area contributed by atoms with Crippen LogP contribution in [0.4, 0.5) is 11.6 Å². The molecule has 142 valence electrons. The molecule has 2 N–H and O–H groups in total. The minimum absolute atomic E-state index is 0.0429. The van der Waals surface area contributed by atoms with E-state index >= 15 is 0 Å². The van der Waals surface area contributed by atoms with Crippen LogP contribution in [0.5, 0.6) is 0 Å². The molecule has 0 aliphatic heterocycles. The molecule has 0 fully saturated rings. The molecule has 0 amide bonds. The van der Waals surface area contributed by atoms with E-state index in [2.05, 4.69) is 14.6 Å². The molecular formula is C17H17N3O5S2. The van der Waals surface area contributed by atoms with Crippen molar-refractivity contribution in [1.29, 1.82) is 0 Å². The largest absolute Gasteiger partial charge is 0.337 e. The maximum Gasteiger partial charge on any atom is 0.264 e. The second-order valence-electron chi connectivity index (χ2n) is 5.77. The summed E-state index contributed by atoms with van der Waals surface area (Å²) in [5.41, 5.74) is 1.41. The average Bonchev–Trinajstić information content (AvgIpc) is 2.94. The molecule has 0 unspecified atom stereocenters. The Morgan fingerprint density at radius 1 is 0.778 bits per heavy atom. The van der Waals surface area contributed by atoms with E-state index in [1.807, 2.05) is 0 Å². The fourth-order valence-electron chi connectivity index (χ4n) is 2.21. The predicted octanol–water partition coefficient (Wildman–Crippen LogP) is 2.89. The van der Waals surface area contributed by atoms with E-state index < -0.39 is 20.0 Å². The van der Waals surface area contributed by atoms with Crippen molar-refractivity contribution < 1.29 is 21.4 Å². The summed E-state index contributed by atoms with van der Waals surface area (Å²) in [7, 11) is -7.65. The van der Waals surface area contributed by atoms with E-state index in [-0.39, 0.29) is 21.4 Å². The molecule has 0 bridgehead atoms. The number of nitrogens with zero attached hydrogens (tertiary/aromatic N) is 1. The lowest BCUT2D eigenvalue weighted by atomic mass is 10.3. The number of hydrogen-bond donors (Lipinski definition) is 2. The van der Waals surface area contributed by atoms with Crippen LogP contribution in [-0.4, -0.2) is 22.0 Å². The van der Waals surface area contributed by atoms with Gasteiger partial charge in [0.1, 0.15) is 0 Å². The molecule has 10 heteroatoms. The van der Waals surface area contributed by atoms with Crippen molar-refractivity contribution in [3.8, 4) is 0 Å². The van der Waals surface area contributed by atoms with Crippen molar-refractivity contribution in [2.75, 3.05) is 9.44 Å². The lowest BCUT2D eigenvalue weighted by Crippen LogP contribution is -2.14. The molecule has 0 aliphatic carbocycles. The molecule has 0 spiro atoms. The second kappa shape index (κ2) is 7.05. The van der Waals surface area contributed by atoms with E-state index in [4.69, 9.17) is 4.52 Å². The molecule has 8 nitrogen and oxygen atoms in total. The highest BCUT2D eigenvalue weighted by Gasteiger charge is 2.20. The topological polar surface area (TPSA) is 118 Å². The van der Waals surface area contributed by atoms with Gasteiger partial charge in [-0.25, -0.2) is 21.6 Å². The summed E-state index contributed by atoms with van der Waals surface area (Å²) in [6, 6.07) is 13.2. The maximum atomic E-state index is 12.4. The number of sulfonamides is 2. The van der Waals surface area contributed by atoms with Gasteiger partial charge in [0.2, 0.25) is 5.88 Å². The van der Waals surface area contributed by atoms with Gasteiger partial charge < -0.3 is 4.52 Å². The Kier molecular flexibility index (Phi) is 4.94. The van der Waals surface area contributed by atoms with Crippen LogP contribution in [0.25, 0.3) is 0 Å². The zero-order valence-corrected chi connectivity index (χ0v) is 16.1. The molecule has 0 atom stereocenters. The van der Waals surface area contributed by atoms with Gasteiger partial charge in [0, 0.05) is 11.3 Å². The van der Waals surface area contributed by atoms with Crippen LogP contribution in [0.2, 0.25) is 0 Å². The molecule has 0 saturated carbocycles. The summed E-state index contributed by atoms with van der Waals surface area (Å²) in [4.78, 5) is 0.0677. The van der Waals surface area contributed by atoms with Crippen LogP contribution in [0.3, 0.4) is 0 Å². The molecule has 27 heavy (non-hydrogen) atoms. The summed E-state index contributed by atoms with van der Waals surface area (Å²) >= 11 is 0. The highest BCUT2D eigenvalue weighted by Crippen LogP contribution is 2.23. The molecule has 2 aromatic carbocycles. The second-order valence-corrected chi connectivity index (χ2v) is 9.14. The molecule has 0 aliphatic rings. The number of aryl methyl sites for hydroxylation is 1. The third-order valence-electron chi connectivity index (χ3n) is 3.85. The van der Waals surface area contributed by atoms with E-state index in [0.717, 1.165) is 0 Å². The smallest absolute Gasteiger partial charge is 0.264 e. The number of aromatic nitrogens is 1. The van der Waals surface area contributed by atoms with Crippen molar-refractivity contribution in [1.82, 2.24) is 5.16 Å². The lowest BCUT2D eigenvalue weighted by molar-refractivity contribution is 0.430. The lowest BCUT2D eigenvalue weighted by Gasteiger charge is -2.09. The van der Waals surface area contributed by atoms with Crippen molar-refractivity contribution in [3.05, 3.63) is 65.9 Å². The van der Waals surface area contributed by atoms with E-state index in [1.54, 1.807) is 32.0 Å². The first-order valence-electron chi connectivity index (χ1n) is 7.83. The van der Waals surface area contributed by atoms with Gasteiger partial charge in [-0.05, 0) is 50.2 Å². The number of benzene rings is 2. The fourth-order valence-corrected chi connectivity index (χ4v) is 4.33. The zero-order chi connectivity index (χ0) is 19.7. The Balaban J connectivity index is 1.80. The minimum atomic E-state index is -3.90. The van der Waals surface area contributed by atoms with Gasteiger partial charge in [0.25, 0.3) is 20.0 Å². The number of nitrogens with one attached hydrogen (secondary N) is 2. The van der Waals surface area contributed by atoms with Gasteiger partial charge in [0.15, 0.2) is 0 Å². The van der Waals surface area contributed by atoms with Crippen LogP contribution in [-0.2, 0) is 20.0 Å².